The van der Waals surface area contributed by atoms with Gasteiger partial charge >= 0.3 is 0 Å². The van der Waals surface area contributed by atoms with Crippen molar-refractivity contribution < 1.29 is 0 Å². The summed E-state index contributed by atoms with van der Waals surface area (Å²) in [6, 6.07) is 0. The van der Waals surface area contributed by atoms with Crippen molar-refractivity contribution >= 4 is 0 Å². The first-order valence-electron chi connectivity index (χ1n) is 7.72. The van der Waals surface area contributed by atoms with Gasteiger partial charge in [-0.3, -0.25) is 0 Å². The fourth-order valence-corrected chi connectivity index (χ4v) is 3.51. The van der Waals surface area contributed by atoms with E-state index in [1.807, 2.05) is 0 Å². The lowest BCUT2D eigenvalue weighted by atomic mass is 9.85. The lowest BCUT2D eigenvalue weighted by Crippen LogP contribution is -2.33. The van der Waals surface area contributed by atoms with E-state index in [0.29, 0.717) is 0 Å². The molecule has 98 valence electrons. The van der Waals surface area contributed by atoms with Crippen LogP contribution in [0, 0.1) is 11.8 Å². The van der Waals surface area contributed by atoms with Crippen LogP contribution in [0.15, 0.2) is 12.3 Å². The molecule has 1 saturated heterocycles. The molecule has 0 amide bonds. The summed E-state index contributed by atoms with van der Waals surface area (Å²) in [5.74, 6) is 1.92. The summed E-state index contributed by atoms with van der Waals surface area (Å²) in [6.45, 7) is 9.22. The molecule has 17 heavy (non-hydrogen) atoms. The molecule has 1 nitrogen and oxygen atoms in total. The molecule has 1 heterocycles. The summed E-state index contributed by atoms with van der Waals surface area (Å²) in [7, 11) is 0. The molecular formula is C16H29N. The fourth-order valence-electron chi connectivity index (χ4n) is 3.51. The van der Waals surface area contributed by atoms with Gasteiger partial charge in [-0.15, -0.1) is 0 Å². The van der Waals surface area contributed by atoms with Gasteiger partial charge in [0.2, 0.25) is 0 Å². The standard InChI is InChI=1S/C16H29N/c1-3-15-9-11-17(12-10-15)14(2)13-16-7-5-4-6-8-16/h15-16H,2-13H2,1H3. The zero-order valence-corrected chi connectivity index (χ0v) is 11.6. The molecule has 0 radical (unpaired) electrons. The molecule has 0 atom stereocenters. The Bertz CT molecular complexity index is 232. The highest BCUT2D eigenvalue weighted by molar-refractivity contribution is 4.97. The van der Waals surface area contributed by atoms with Crippen LogP contribution in [-0.4, -0.2) is 18.0 Å². The molecule has 0 N–H and O–H groups in total. The molecule has 1 aliphatic carbocycles. The van der Waals surface area contributed by atoms with Crippen LogP contribution < -0.4 is 0 Å². The van der Waals surface area contributed by atoms with Gasteiger partial charge in [-0.05, 0) is 31.1 Å². The van der Waals surface area contributed by atoms with E-state index in [4.69, 9.17) is 0 Å². The Morgan fingerprint density at radius 2 is 1.65 bits per heavy atom. The summed E-state index contributed by atoms with van der Waals surface area (Å²) in [5, 5.41) is 0. The molecule has 2 rings (SSSR count). The Morgan fingerprint density at radius 3 is 2.24 bits per heavy atom. The van der Waals surface area contributed by atoms with E-state index in [9.17, 15) is 0 Å². The molecule has 0 aromatic carbocycles. The van der Waals surface area contributed by atoms with Gasteiger partial charge in [-0.2, -0.15) is 0 Å². The minimum atomic E-state index is 0.945. The normalized spacial score (nSPS) is 23.9. The zero-order valence-electron chi connectivity index (χ0n) is 11.6. The van der Waals surface area contributed by atoms with Crippen molar-refractivity contribution in [2.75, 3.05) is 13.1 Å². The largest absolute Gasteiger partial charge is 0.375 e. The number of allylic oxidation sites excluding steroid dienone is 1. The first-order chi connectivity index (χ1) is 8.29. The van der Waals surface area contributed by atoms with Crippen molar-refractivity contribution in [3.63, 3.8) is 0 Å². The van der Waals surface area contributed by atoms with E-state index >= 15 is 0 Å². The Morgan fingerprint density at radius 1 is 1.00 bits per heavy atom. The fraction of sp³-hybridized carbons (Fsp3) is 0.875. The minimum Gasteiger partial charge on any atom is -0.375 e. The molecule has 0 unspecified atom stereocenters. The third-order valence-corrected chi connectivity index (χ3v) is 4.89. The van der Waals surface area contributed by atoms with Gasteiger partial charge < -0.3 is 4.90 Å². The molecule has 1 aliphatic heterocycles. The monoisotopic (exact) mass is 235 g/mol. The average molecular weight is 235 g/mol. The third kappa shape index (κ3) is 3.76. The lowest BCUT2D eigenvalue weighted by Gasteiger charge is -2.36. The maximum Gasteiger partial charge on any atom is 0.0177 e. The molecule has 0 bridgehead atoms. The van der Waals surface area contributed by atoms with Crippen LogP contribution in [-0.2, 0) is 0 Å². The predicted molar refractivity (Wildman–Crippen MR) is 74.9 cm³/mol. The second-order valence-electron chi connectivity index (χ2n) is 6.11. The number of piperidine rings is 1. The quantitative estimate of drug-likeness (QED) is 0.688. The predicted octanol–water partition coefficient (Wildman–Crippen LogP) is 4.59. The molecule has 0 aromatic rings. The van der Waals surface area contributed by atoms with Crippen molar-refractivity contribution in [1.29, 1.82) is 0 Å². The second kappa shape index (κ2) is 6.47. The molecule has 2 aliphatic rings. The van der Waals surface area contributed by atoms with Crippen molar-refractivity contribution in [3.05, 3.63) is 12.3 Å². The molecule has 2 fully saturated rings. The van der Waals surface area contributed by atoms with Crippen LogP contribution in [0.1, 0.15) is 64.7 Å². The zero-order chi connectivity index (χ0) is 12.1. The first-order valence-corrected chi connectivity index (χ1v) is 7.72. The van der Waals surface area contributed by atoms with Gasteiger partial charge in [0, 0.05) is 18.8 Å². The minimum absolute atomic E-state index is 0.945. The van der Waals surface area contributed by atoms with Crippen molar-refractivity contribution in [2.24, 2.45) is 11.8 Å². The van der Waals surface area contributed by atoms with Crippen molar-refractivity contribution in [2.45, 2.75) is 64.7 Å². The summed E-state index contributed by atoms with van der Waals surface area (Å²) in [4.78, 5) is 2.57. The van der Waals surface area contributed by atoms with Gasteiger partial charge in [0.05, 0.1) is 0 Å². The highest BCUT2D eigenvalue weighted by atomic mass is 15.1. The van der Waals surface area contributed by atoms with Crippen molar-refractivity contribution in [3.8, 4) is 0 Å². The van der Waals surface area contributed by atoms with Crippen LogP contribution in [0.5, 0.6) is 0 Å². The summed E-state index contributed by atoms with van der Waals surface area (Å²) >= 11 is 0. The second-order valence-corrected chi connectivity index (χ2v) is 6.11. The van der Waals surface area contributed by atoms with Gasteiger partial charge in [-0.25, -0.2) is 0 Å². The molecule has 0 spiro atoms. The molecule has 1 heteroatoms. The van der Waals surface area contributed by atoms with Crippen LogP contribution in [0.4, 0.5) is 0 Å². The number of rotatable bonds is 4. The van der Waals surface area contributed by atoms with Gasteiger partial charge in [0.1, 0.15) is 0 Å². The Hall–Kier alpha value is -0.460. The van der Waals surface area contributed by atoms with E-state index < -0.39 is 0 Å². The topological polar surface area (TPSA) is 3.24 Å². The lowest BCUT2D eigenvalue weighted by molar-refractivity contribution is 0.207. The number of hydrogen-bond donors (Lipinski definition) is 0. The third-order valence-electron chi connectivity index (χ3n) is 4.89. The van der Waals surface area contributed by atoms with Crippen LogP contribution in [0.3, 0.4) is 0 Å². The Balaban J connectivity index is 1.72. The maximum absolute atomic E-state index is 4.35. The van der Waals surface area contributed by atoms with E-state index in [1.54, 1.807) is 0 Å². The Labute approximate surface area is 107 Å². The van der Waals surface area contributed by atoms with Crippen LogP contribution >= 0.6 is 0 Å². The maximum atomic E-state index is 4.35. The van der Waals surface area contributed by atoms with Crippen molar-refractivity contribution in [1.82, 2.24) is 4.90 Å². The average Bonchev–Trinajstić information content (AvgIpc) is 2.40. The highest BCUT2D eigenvalue weighted by Crippen LogP contribution is 2.31. The van der Waals surface area contributed by atoms with Gasteiger partial charge in [-0.1, -0.05) is 52.0 Å². The smallest absolute Gasteiger partial charge is 0.0177 e. The van der Waals surface area contributed by atoms with E-state index in [0.717, 1.165) is 11.8 Å². The number of hydrogen-bond acceptors (Lipinski definition) is 1. The van der Waals surface area contributed by atoms with Gasteiger partial charge in [0.15, 0.2) is 0 Å². The van der Waals surface area contributed by atoms with Gasteiger partial charge in [0.25, 0.3) is 0 Å². The Kier molecular flexibility index (Phi) is 4.94. The molecule has 1 saturated carbocycles. The first kappa shape index (κ1) is 13.0. The molecular weight excluding hydrogens is 206 g/mol. The summed E-state index contributed by atoms with van der Waals surface area (Å²) < 4.78 is 0. The number of likely N-dealkylation sites (tertiary alicyclic amines) is 1. The van der Waals surface area contributed by atoms with E-state index in [2.05, 4.69) is 18.4 Å². The molecule has 0 aromatic heterocycles. The van der Waals surface area contributed by atoms with E-state index in [-0.39, 0.29) is 0 Å². The summed E-state index contributed by atoms with van der Waals surface area (Å²) in [6.07, 6.45) is 12.7. The van der Waals surface area contributed by atoms with Crippen LogP contribution in [0.2, 0.25) is 0 Å². The highest BCUT2D eigenvalue weighted by Gasteiger charge is 2.21. The van der Waals surface area contributed by atoms with E-state index in [1.165, 1.54) is 76.6 Å². The SMILES string of the molecule is C=C(CC1CCCCC1)N1CCC(CC)CC1. The summed E-state index contributed by atoms with van der Waals surface area (Å²) in [5.41, 5.74) is 1.44. The number of nitrogens with zero attached hydrogens (tertiary/aromatic N) is 1. The van der Waals surface area contributed by atoms with Crippen LogP contribution in [0.25, 0.3) is 0 Å².